The van der Waals surface area contributed by atoms with Crippen molar-refractivity contribution in [3.63, 3.8) is 0 Å². The molecular formula is C21H28N2O4S. The number of carbonyl (C=O) groups excluding carboxylic acids is 1. The van der Waals surface area contributed by atoms with Crippen molar-refractivity contribution in [1.82, 2.24) is 9.62 Å². The first-order chi connectivity index (χ1) is 13.3. The monoisotopic (exact) mass is 404 g/mol. The Labute approximate surface area is 167 Å². The Kier molecular flexibility index (Phi) is 6.25. The molecule has 0 spiro atoms. The van der Waals surface area contributed by atoms with Crippen LogP contribution in [-0.4, -0.2) is 38.3 Å². The molecule has 28 heavy (non-hydrogen) atoms. The summed E-state index contributed by atoms with van der Waals surface area (Å²) in [5, 5.41) is 2.90. The third-order valence-electron chi connectivity index (χ3n) is 5.29. The predicted molar refractivity (Wildman–Crippen MR) is 108 cm³/mol. The number of nitrogens with zero attached hydrogens (tertiary/aromatic N) is 1. The fourth-order valence-corrected chi connectivity index (χ4v) is 5.31. The van der Waals surface area contributed by atoms with Crippen molar-refractivity contribution in [3.05, 3.63) is 53.5 Å². The van der Waals surface area contributed by atoms with Crippen LogP contribution >= 0.6 is 0 Å². The fraction of sp³-hybridized carbons (Fsp3) is 0.476. The summed E-state index contributed by atoms with van der Waals surface area (Å²) in [5.74, 6) is 0.389. The quantitative estimate of drug-likeness (QED) is 0.765. The standard InChI is InChI=1S/C21H28N2O4S/c1-15(2)18(17-9-5-4-6-10-17)14-22-21(24)19-13-20(16(3)27-19)28(25,26)23-11-7-8-12-23/h4-6,9-10,13,15,18H,7-8,11-12,14H2,1-3H3,(H,22,24). The Hall–Kier alpha value is -2.12. The number of hydrogen-bond donors (Lipinski definition) is 1. The third-order valence-corrected chi connectivity index (χ3v) is 7.30. The van der Waals surface area contributed by atoms with Gasteiger partial charge in [-0.1, -0.05) is 44.2 Å². The molecule has 0 aliphatic carbocycles. The van der Waals surface area contributed by atoms with Crippen molar-refractivity contribution < 1.29 is 17.6 Å². The number of sulfonamides is 1. The molecule has 7 heteroatoms. The Morgan fingerprint density at radius 1 is 1.18 bits per heavy atom. The van der Waals surface area contributed by atoms with Crippen LogP contribution in [0.4, 0.5) is 0 Å². The smallest absolute Gasteiger partial charge is 0.287 e. The van der Waals surface area contributed by atoms with Crippen LogP contribution in [0.3, 0.4) is 0 Å². The minimum Gasteiger partial charge on any atom is -0.455 e. The van der Waals surface area contributed by atoms with E-state index in [-0.39, 0.29) is 22.3 Å². The van der Waals surface area contributed by atoms with Gasteiger partial charge in [0.2, 0.25) is 10.0 Å². The third kappa shape index (κ3) is 4.31. The summed E-state index contributed by atoms with van der Waals surface area (Å²) < 4.78 is 32.5. The lowest BCUT2D eigenvalue weighted by Crippen LogP contribution is -2.30. The van der Waals surface area contributed by atoms with Crippen LogP contribution in [0.1, 0.15) is 54.5 Å². The van der Waals surface area contributed by atoms with Gasteiger partial charge in [0.15, 0.2) is 5.76 Å². The number of benzene rings is 1. The lowest BCUT2D eigenvalue weighted by atomic mass is 9.88. The van der Waals surface area contributed by atoms with E-state index in [1.807, 2.05) is 18.2 Å². The highest BCUT2D eigenvalue weighted by Crippen LogP contribution is 2.27. The summed E-state index contributed by atoms with van der Waals surface area (Å²) in [4.78, 5) is 12.7. The van der Waals surface area contributed by atoms with Crippen LogP contribution in [0.2, 0.25) is 0 Å². The molecule has 0 radical (unpaired) electrons. The van der Waals surface area contributed by atoms with Crippen molar-refractivity contribution in [3.8, 4) is 0 Å². The molecule has 1 saturated heterocycles. The summed E-state index contributed by atoms with van der Waals surface area (Å²) in [6, 6.07) is 11.4. The maximum absolute atomic E-state index is 12.8. The zero-order chi connectivity index (χ0) is 20.3. The van der Waals surface area contributed by atoms with Gasteiger partial charge in [-0.15, -0.1) is 0 Å². The molecule has 1 aliphatic heterocycles. The summed E-state index contributed by atoms with van der Waals surface area (Å²) in [6.45, 7) is 7.29. The second-order valence-corrected chi connectivity index (χ2v) is 9.52. The number of amides is 1. The summed E-state index contributed by atoms with van der Waals surface area (Å²) in [6.07, 6.45) is 1.72. The van der Waals surface area contributed by atoms with Gasteiger partial charge in [0, 0.05) is 31.6 Å². The average Bonchev–Trinajstić information content (AvgIpc) is 3.33. The zero-order valence-corrected chi connectivity index (χ0v) is 17.5. The van der Waals surface area contributed by atoms with Crippen molar-refractivity contribution in [1.29, 1.82) is 0 Å². The second-order valence-electron chi connectivity index (χ2n) is 7.61. The van der Waals surface area contributed by atoms with Crippen molar-refractivity contribution in [2.45, 2.75) is 44.4 Å². The van der Waals surface area contributed by atoms with Gasteiger partial charge < -0.3 is 9.73 Å². The summed E-state index contributed by atoms with van der Waals surface area (Å²) in [7, 11) is -3.61. The molecule has 1 fully saturated rings. The lowest BCUT2D eigenvalue weighted by molar-refractivity contribution is 0.0920. The normalized spacial score (nSPS) is 16.4. The van der Waals surface area contributed by atoms with Crippen LogP contribution < -0.4 is 5.32 Å². The van der Waals surface area contributed by atoms with Gasteiger partial charge >= 0.3 is 0 Å². The number of furan rings is 1. The van der Waals surface area contributed by atoms with Gasteiger partial charge in [0.25, 0.3) is 5.91 Å². The fourth-order valence-electron chi connectivity index (χ4n) is 3.63. The minimum absolute atomic E-state index is 0.0332. The Morgan fingerprint density at radius 2 is 1.82 bits per heavy atom. The Morgan fingerprint density at radius 3 is 2.43 bits per heavy atom. The Bertz CT molecular complexity index is 913. The molecule has 2 heterocycles. The topological polar surface area (TPSA) is 79.6 Å². The zero-order valence-electron chi connectivity index (χ0n) is 16.6. The van der Waals surface area contributed by atoms with E-state index < -0.39 is 15.9 Å². The van der Waals surface area contributed by atoms with Gasteiger partial charge in [-0.25, -0.2) is 8.42 Å². The van der Waals surface area contributed by atoms with E-state index in [0.29, 0.717) is 25.6 Å². The molecule has 0 saturated carbocycles. The van der Waals surface area contributed by atoms with Crippen LogP contribution in [0.5, 0.6) is 0 Å². The van der Waals surface area contributed by atoms with Crippen molar-refractivity contribution in [2.24, 2.45) is 5.92 Å². The highest BCUT2D eigenvalue weighted by atomic mass is 32.2. The molecule has 1 aliphatic rings. The molecule has 1 amide bonds. The molecule has 6 nitrogen and oxygen atoms in total. The number of nitrogens with one attached hydrogen (secondary N) is 1. The molecule has 152 valence electrons. The van der Waals surface area contributed by atoms with E-state index in [2.05, 4.69) is 31.3 Å². The molecule has 1 aromatic carbocycles. The number of rotatable bonds is 7. The minimum atomic E-state index is -3.61. The largest absolute Gasteiger partial charge is 0.455 e. The SMILES string of the molecule is Cc1oc(C(=O)NCC(c2ccccc2)C(C)C)cc1S(=O)(=O)N1CCCC1. The van der Waals surface area contributed by atoms with Crippen LogP contribution in [-0.2, 0) is 10.0 Å². The van der Waals surface area contributed by atoms with Crippen LogP contribution in [0.15, 0.2) is 45.7 Å². The van der Waals surface area contributed by atoms with Crippen molar-refractivity contribution >= 4 is 15.9 Å². The first-order valence-corrected chi connectivity index (χ1v) is 11.2. The average molecular weight is 405 g/mol. The van der Waals surface area contributed by atoms with E-state index in [0.717, 1.165) is 18.4 Å². The van der Waals surface area contributed by atoms with Gasteiger partial charge in [-0.3, -0.25) is 4.79 Å². The summed E-state index contributed by atoms with van der Waals surface area (Å²) in [5.41, 5.74) is 1.16. The number of carbonyl (C=O) groups is 1. The van der Waals surface area contributed by atoms with E-state index in [1.54, 1.807) is 6.92 Å². The highest BCUT2D eigenvalue weighted by Gasteiger charge is 2.31. The first kappa shape index (κ1) is 20.6. The molecule has 3 rings (SSSR count). The van der Waals surface area contributed by atoms with Crippen LogP contribution in [0.25, 0.3) is 0 Å². The Balaban J connectivity index is 1.73. The molecule has 1 unspecified atom stereocenters. The van der Waals surface area contributed by atoms with E-state index >= 15 is 0 Å². The molecular weight excluding hydrogens is 376 g/mol. The first-order valence-electron chi connectivity index (χ1n) is 9.74. The summed E-state index contributed by atoms with van der Waals surface area (Å²) >= 11 is 0. The van der Waals surface area contributed by atoms with Crippen LogP contribution in [0, 0.1) is 12.8 Å². The van der Waals surface area contributed by atoms with Crippen molar-refractivity contribution in [2.75, 3.05) is 19.6 Å². The van der Waals surface area contributed by atoms with E-state index in [1.165, 1.54) is 10.4 Å². The lowest BCUT2D eigenvalue weighted by Gasteiger charge is -2.21. The predicted octanol–water partition coefficient (Wildman–Crippen LogP) is 3.54. The highest BCUT2D eigenvalue weighted by molar-refractivity contribution is 7.89. The number of aryl methyl sites for hydroxylation is 1. The molecule has 2 aromatic rings. The maximum Gasteiger partial charge on any atom is 0.287 e. The molecule has 1 N–H and O–H groups in total. The number of hydrogen-bond acceptors (Lipinski definition) is 4. The van der Waals surface area contributed by atoms with Gasteiger partial charge in [0.1, 0.15) is 10.7 Å². The van der Waals surface area contributed by atoms with Gasteiger partial charge in [0.05, 0.1) is 0 Å². The van der Waals surface area contributed by atoms with Gasteiger partial charge in [-0.05, 0) is 31.2 Å². The molecule has 1 atom stereocenters. The molecule has 0 bridgehead atoms. The maximum atomic E-state index is 12.8. The van der Waals surface area contributed by atoms with Gasteiger partial charge in [-0.2, -0.15) is 4.31 Å². The molecule has 1 aromatic heterocycles. The second kappa shape index (κ2) is 8.49. The van der Waals surface area contributed by atoms with E-state index in [9.17, 15) is 13.2 Å². The van der Waals surface area contributed by atoms with E-state index in [4.69, 9.17) is 4.42 Å².